The summed E-state index contributed by atoms with van der Waals surface area (Å²) in [6.45, 7) is 0. The Balaban J connectivity index is 1.82. The summed E-state index contributed by atoms with van der Waals surface area (Å²) in [6, 6.07) is 18.2. The number of rotatable bonds is 4. The van der Waals surface area contributed by atoms with Crippen LogP contribution in [-0.4, -0.2) is 5.11 Å². The monoisotopic (exact) mass is 344 g/mol. The van der Waals surface area contributed by atoms with Crippen molar-refractivity contribution in [2.24, 2.45) is 0 Å². The van der Waals surface area contributed by atoms with Crippen molar-refractivity contribution in [1.29, 1.82) is 0 Å². The molecule has 3 aromatic carbocycles. The molecule has 0 heterocycles. The van der Waals surface area contributed by atoms with Crippen LogP contribution >= 0.6 is 11.6 Å². The van der Waals surface area contributed by atoms with Crippen LogP contribution in [0.3, 0.4) is 0 Å². The minimum Gasteiger partial charge on any atom is -0.388 e. The molecule has 0 aliphatic rings. The van der Waals surface area contributed by atoms with E-state index < -0.39 is 17.7 Å². The Kier molecular flexibility index (Phi) is 4.93. The molecule has 3 aromatic rings. The van der Waals surface area contributed by atoms with Crippen LogP contribution in [0.4, 0.5) is 8.78 Å². The van der Waals surface area contributed by atoms with Gasteiger partial charge in [-0.05, 0) is 34.9 Å². The zero-order valence-electron chi connectivity index (χ0n) is 12.7. The number of hydrogen-bond donors (Lipinski definition) is 1. The lowest BCUT2D eigenvalue weighted by Gasteiger charge is -2.13. The van der Waals surface area contributed by atoms with Crippen molar-refractivity contribution in [3.05, 3.63) is 94.5 Å². The summed E-state index contributed by atoms with van der Waals surface area (Å²) < 4.78 is 27.8. The van der Waals surface area contributed by atoms with Gasteiger partial charge in [0, 0.05) is 12.0 Å². The molecule has 0 aliphatic heterocycles. The van der Waals surface area contributed by atoms with Gasteiger partial charge >= 0.3 is 0 Å². The molecule has 0 saturated heterocycles. The summed E-state index contributed by atoms with van der Waals surface area (Å²) in [7, 11) is 0. The fourth-order valence-corrected chi connectivity index (χ4v) is 2.72. The molecule has 3 rings (SSSR count). The molecule has 0 radical (unpaired) electrons. The topological polar surface area (TPSA) is 20.2 Å². The van der Waals surface area contributed by atoms with E-state index in [1.807, 2.05) is 30.3 Å². The van der Waals surface area contributed by atoms with Gasteiger partial charge in [0.1, 0.15) is 11.6 Å². The van der Waals surface area contributed by atoms with Crippen LogP contribution in [-0.2, 0) is 6.42 Å². The molecule has 122 valence electrons. The van der Waals surface area contributed by atoms with Crippen LogP contribution in [0.25, 0.3) is 11.1 Å². The smallest absolute Gasteiger partial charge is 0.142 e. The highest BCUT2D eigenvalue weighted by atomic mass is 35.5. The quantitative estimate of drug-likeness (QED) is 0.656. The Hall–Kier alpha value is -2.23. The molecule has 1 nitrogen and oxygen atoms in total. The first kappa shape index (κ1) is 16.6. The average molecular weight is 345 g/mol. The van der Waals surface area contributed by atoms with Crippen LogP contribution in [0.1, 0.15) is 17.2 Å². The Bertz CT molecular complexity index is 850. The van der Waals surface area contributed by atoms with E-state index in [1.165, 1.54) is 18.2 Å². The van der Waals surface area contributed by atoms with E-state index in [0.29, 0.717) is 16.7 Å². The van der Waals surface area contributed by atoms with E-state index in [1.54, 1.807) is 18.2 Å². The minimum atomic E-state index is -0.926. The van der Waals surface area contributed by atoms with E-state index in [9.17, 15) is 13.9 Å². The summed E-state index contributed by atoms with van der Waals surface area (Å²) in [4.78, 5) is 0. The summed E-state index contributed by atoms with van der Waals surface area (Å²) in [5.41, 5.74) is 2.29. The first-order valence-electron chi connectivity index (χ1n) is 7.51. The molecule has 0 fully saturated rings. The van der Waals surface area contributed by atoms with Gasteiger partial charge in [0.2, 0.25) is 0 Å². The van der Waals surface area contributed by atoms with Crippen LogP contribution in [0.15, 0.2) is 66.7 Å². The van der Waals surface area contributed by atoms with Gasteiger partial charge in [-0.3, -0.25) is 0 Å². The number of halogens is 3. The van der Waals surface area contributed by atoms with Gasteiger partial charge in [-0.1, -0.05) is 60.1 Å². The fraction of sp³-hybridized carbons (Fsp3) is 0.100. The lowest BCUT2D eigenvalue weighted by atomic mass is 9.98. The molecule has 1 atom stereocenters. The molecule has 0 spiro atoms. The van der Waals surface area contributed by atoms with Gasteiger partial charge in [-0.25, -0.2) is 8.78 Å². The summed E-state index contributed by atoms with van der Waals surface area (Å²) in [6.07, 6.45) is -0.747. The zero-order valence-corrected chi connectivity index (χ0v) is 13.5. The standard InChI is InChI=1S/C20H15ClF2O/c21-17-9-6-13(10-19(17)23)11-20(24)15-7-8-16(18(22)12-15)14-4-2-1-3-5-14/h1-10,12,20,24H,11H2. The average Bonchev–Trinajstić information content (AvgIpc) is 2.59. The van der Waals surface area contributed by atoms with E-state index in [-0.39, 0.29) is 11.4 Å². The molecule has 1 N–H and O–H groups in total. The normalized spacial score (nSPS) is 12.2. The van der Waals surface area contributed by atoms with Crippen molar-refractivity contribution in [3.63, 3.8) is 0 Å². The third kappa shape index (κ3) is 3.64. The number of aliphatic hydroxyl groups excluding tert-OH is 1. The summed E-state index contributed by atoms with van der Waals surface area (Å²) in [5.74, 6) is -0.938. The summed E-state index contributed by atoms with van der Waals surface area (Å²) in [5, 5.41) is 10.3. The highest BCUT2D eigenvalue weighted by molar-refractivity contribution is 6.30. The molecule has 0 aliphatic carbocycles. The first-order valence-corrected chi connectivity index (χ1v) is 7.89. The molecule has 0 aromatic heterocycles. The van der Waals surface area contributed by atoms with Crippen molar-refractivity contribution in [3.8, 4) is 11.1 Å². The van der Waals surface area contributed by atoms with E-state index in [0.717, 1.165) is 5.56 Å². The predicted molar refractivity (Wildman–Crippen MR) is 91.9 cm³/mol. The maximum atomic E-state index is 14.4. The highest BCUT2D eigenvalue weighted by Crippen LogP contribution is 2.27. The highest BCUT2D eigenvalue weighted by Gasteiger charge is 2.13. The number of aliphatic hydroxyl groups is 1. The minimum absolute atomic E-state index is 0.0338. The Morgan fingerprint density at radius 3 is 2.29 bits per heavy atom. The lowest BCUT2D eigenvalue weighted by molar-refractivity contribution is 0.178. The Labute approximate surface area is 144 Å². The molecular weight excluding hydrogens is 330 g/mol. The van der Waals surface area contributed by atoms with Gasteiger partial charge < -0.3 is 5.11 Å². The summed E-state index contributed by atoms with van der Waals surface area (Å²) >= 11 is 5.64. The third-order valence-electron chi connectivity index (χ3n) is 3.88. The van der Waals surface area contributed by atoms with Gasteiger partial charge in [0.15, 0.2) is 0 Å². The maximum Gasteiger partial charge on any atom is 0.142 e. The molecule has 1 unspecified atom stereocenters. The van der Waals surface area contributed by atoms with Crippen molar-refractivity contribution in [1.82, 2.24) is 0 Å². The van der Waals surface area contributed by atoms with Gasteiger partial charge in [-0.2, -0.15) is 0 Å². The molecule has 0 saturated carbocycles. The van der Waals surface area contributed by atoms with Gasteiger partial charge in [0.25, 0.3) is 0 Å². The third-order valence-corrected chi connectivity index (χ3v) is 4.18. The number of benzene rings is 3. The zero-order chi connectivity index (χ0) is 17.1. The van der Waals surface area contributed by atoms with Crippen LogP contribution in [0.2, 0.25) is 5.02 Å². The molecule has 0 bridgehead atoms. The number of hydrogen-bond acceptors (Lipinski definition) is 1. The SMILES string of the molecule is OC(Cc1ccc(Cl)c(F)c1)c1ccc(-c2ccccc2)c(F)c1. The molecule has 24 heavy (non-hydrogen) atoms. The fourth-order valence-electron chi connectivity index (χ4n) is 2.60. The molecular formula is C20H15ClF2O. The van der Waals surface area contributed by atoms with Crippen LogP contribution in [0, 0.1) is 11.6 Å². The second-order valence-electron chi connectivity index (χ2n) is 5.57. The van der Waals surface area contributed by atoms with Crippen molar-refractivity contribution < 1.29 is 13.9 Å². The second kappa shape index (κ2) is 7.12. The van der Waals surface area contributed by atoms with E-state index >= 15 is 0 Å². The van der Waals surface area contributed by atoms with Crippen LogP contribution in [0.5, 0.6) is 0 Å². The molecule has 0 amide bonds. The lowest BCUT2D eigenvalue weighted by Crippen LogP contribution is -2.03. The maximum absolute atomic E-state index is 14.4. The predicted octanol–water partition coefficient (Wildman–Crippen LogP) is 5.56. The molecule has 4 heteroatoms. The largest absolute Gasteiger partial charge is 0.388 e. The van der Waals surface area contributed by atoms with Crippen LogP contribution < -0.4 is 0 Å². The Morgan fingerprint density at radius 1 is 0.875 bits per heavy atom. The van der Waals surface area contributed by atoms with Crippen molar-refractivity contribution >= 4 is 11.6 Å². The van der Waals surface area contributed by atoms with Gasteiger partial charge in [0.05, 0.1) is 11.1 Å². The van der Waals surface area contributed by atoms with E-state index in [2.05, 4.69) is 0 Å². The van der Waals surface area contributed by atoms with Crippen molar-refractivity contribution in [2.45, 2.75) is 12.5 Å². The van der Waals surface area contributed by atoms with Crippen molar-refractivity contribution in [2.75, 3.05) is 0 Å². The van der Waals surface area contributed by atoms with E-state index in [4.69, 9.17) is 11.6 Å². The first-order chi connectivity index (χ1) is 11.5. The Morgan fingerprint density at radius 2 is 1.62 bits per heavy atom. The van der Waals surface area contributed by atoms with Gasteiger partial charge in [-0.15, -0.1) is 0 Å². The second-order valence-corrected chi connectivity index (χ2v) is 5.98.